The van der Waals surface area contributed by atoms with Gasteiger partial charge in [-0.2, -0.15) is 0 Å². The highest BCUT2D eigenvalue weighted by atomic mass is 16.3. The van der Waals surface area contributed by atoms with Gasteiger partial charge in [0.05, 0.1) is 6.61 Å². The zero-order valence-electron chi connectivity index (χ0n) is 12.3. The van der Waals surface area contributed by atoms with E-state index in [1.54, 1.807) is 4.90 Å². The molecular formula is C13H27N3O3. The van der Waals surface area contributed by atoms with Crippen molar-refractivity contribution in [3.8, 4) is 0 Å². The summed E-state index contributed by atoms with van der Waals surface area (Å²) in [6.07, 6.45) is 1.62. The van der Waals surface area contributed by atoms with E-state index in [9.17, 15) is 9.59 Å². The first-order valence-corrected chi connectivity index (χ1v) is 6.86. The van der Waals surface area contributed by atoms with E-state index in [1.165, 1.54) is 0 Å². The van der Waals surface area contributed by atoms with Gasteiger partial charge in [-0.25, -0.2) is 4.79 Å². The molecule has 6 nitrogen and oxygen atoms in total. The third-order valence-electron chi connectivity index (χ3n) is 3.24. The number of carbonyl (C=O) groups is 2. The fourth-order valence-electron chi connectivity index (χ4n) is 2.16. The van der Waals surface area contributed by atoms with Crippen molar-refractivity contribution in [1.82, 2.24) is 10.2 Å². The van der Waals surface area contributed by atoms with Crippen LogP contribution in [-0.2, 0) is 4.79 Å². The lowest BCUT2D eigenvalue weighted by Crippen LogP contribution is -2.55. The number of nitrogens with one attached hydrogen (secondary N) is 1. The first-order chi connectivity index (χ1) is 8.88. The Balaban J connectivity index is 5.06. The molecule has 0 aromatic rings. The Kier molecular flexibility index (Phi) is 8.14. The van der Waals surface area contributed by atoms with Crippen molar-refractivity contribution in [3.63, 3.8) is 0 Å². The van der Waals surface area contributed by atoms with Crippen LogP contribution in [0, 0.1) is 5.92 Å². The number of urea groups is 1. The van der Waals surface area contributed by atoms with Crippen LogP contribution in [0.25, 0.3) is 0 Å². The molecule has 3 amide bonds. The van der Waals surface area contributed by atoms with Gasteiger partial charge in [0.25, 0.3) is 0 Å². The summed E-state index contributed by atoms with van der Waals surface area (Å²) in [7, 11) is 0. The maximum atomic E-state index is 12.5. The molecule has 0 aliphatic heterocycles. The molecule has 0 rings (SSSR count). The molecule has 0 aromatic heterocycles. The van der Waals surface area contributed by atoms with E-state index >= 15 is 0 Å². The van der Waals surface area contributed by atoms with Gasteiger partial charge in [0.2, 0.25) is 5.91 Å². The molecule has 6 heteroatoms. The molecule has 0 aromatic carbocycles. The second kappa shape index (κ2) is 8.74. The van der Waals surface area contributed by atoms with Crippen LogP contribution in [0.1, 0.15) is 40.5 Å². The molecule has 1 atom stereocenters. The lowest BCUT2D eigenvalue weighted by Gasteiger charge is -2.34. The quantitative estimate of drug-likeness (QED) is 0.607. The topological polar surface area (TPSA) is 95.7 Å². The third kappa shape index (κ3) is 5.46. The van der Waals surface area contributed by atoms with Crippen LogP contribution in [0.5, 0.6) is 0 Å². The number of carbonyl (C=O) groups excluding carboxylic acids is 2. The number of rotatable bonds is 8. The number of hydrogen-bond acceptors (Lipinski definition) is 3. The standard InChI is InChI=1S/C13H27N3O3/c1-5-10(6-2)16(7-8-17)12(18)11(9(3)4)15-13(14)19/h9-11,17H,5-8H2,1-4H3,(H3,14,15,19). The summed E-state index contributed by atoms with van der Waals surface area (Å²) >= 11 is 0. The molecule has 0 bridgehead atoms. The smallest absolute Gasteiger partial charge is 0.312 e. The lowest BCUT2D eigenvalue weighted by atomic mass is 10.0. The van der Waals surface area contributed by atoms with Crippen LogP contribution >= 0.6 is 0 Å². The van der Waals surface area contributed by atoms with Crippen LogP contribution in [0.3, 0.4) is 0 Å². The van der Waals surface area contributed by atoms with E-state index in [1.807, 2.05) is 27.7 Å². The first kappa shape index (κ1) is 17.7. The lowest BCUT2D eigenvalue weighted by molar-refractivity contribution is -0.137. The zero-order chi connectivity index (χ0) is 15.0. The average Bonchev–Trinajstić information content (AvgIpc) is 2.35. The van der Waals surface area contributed by atoms with E-state index in [-0.39, 0.29) is 31.0 Å². The van der Waals surface area contributed by atoms with Crippen LogP contribution < -0.4 is 11.1 Å². The Morgan fingerprint density at radius 3 is 2.11 bits per heavy atom. The van der Waals surface area contributed by atoms with Gasteiger partial charge in [0, 0.05) is 12.6 Å². The van der Waals surface area contributed by atoms with Crippen molar-refractivity contribution >= 4 is 11.9 Å². The summed E-state index contributed by atoms with van der Waals surface area (Å²) in [5, 5.41) is 11.6. The van der Waals surface area contributed by atoms with Crippen molar-refractivity contribution in [2.75, 3.05) is 13.2 Å². The molecule has 0 radical (unpaired) electrons. The second-order valence-corrected chi connectivity index (χ2v) is 4.96. The molecule has 0 saturated carbocycles. The predicted molar refractivity (Wildman–Crippen MR) is 74.5 cm³/mol. The van der Waals surface area contributed by atoms with Gasteiger partial charge in [-0.1, -0.05) is 27.7 Å². The van der Waals surface area contributed by atoms with Gasteiger partial charge >= 0.3 is 6.03 Å². The molecule has 4 N–H and O–H groups in total. The van der Waals surface area contributed by atoms with E-state index in [4.69, 9.17) is 10.8 Å². The van der Waals surface area contributed by atoms with Crippen molar-refractivity contribution in [2.24, 2.45) is 11.7 Å². The average molecular weight is 273 g/mol. The molecule has 112 valence electrons. The normalized spacial score (nSPS) is 12.6. The summed E-state index contributed by atoms with van der Waals surface area (Å²) in [5.74, 6) is -0.243. The van der Waals surface area contributed by atoms with Crippen LogP contribution in [0.2, 0.25) is 0 Å². The number of hydrogen-bond donors (Lipinski definition) is 3. The zero-order valence-corrected chi connectivity index (χ0v) is 12.3. The minimum Gasteiger partial charge on any atom is -0.395 e. The van der Waals surface area contributed by atoms with Gasteiger partial charge in [-0.05, 0) is 18.8 Å². The summed E-state index contributed by atoms with van der Waals surface area (Å²) in [6.45, 7) is 7.87. The molecule has 0 fully saturated rings. The maximum absolute atomic E-state index is 12.5. The summed E-state index contributed by atoms with van der Waals surface area (Å²) in [6, 6.07) is -1.29. The van der Waals surface area contributed by atoms with Crippen molar-refractivity contribution < 1.29 is 14.7 Å². The fourth-order valence-corrected chi connectivity index (χ4v) is 2.16. The van der Waals surface area contributed by atoms with Crippen LogP contribution in [0.15, 0.2) is 0 Å². The Morgan fingerprint density at radius 2 is 1.79 bits per heavy atom. The monoisotopic (exact) mass is 273 g/mol. The molecular weight excluding hydrogens is 246 g/mol. The maximum Gasteiger partial charge on any atom is 0.312 e. The minimum absolute atomic E-state index is 0.0597. The largest absolute Gasteiger partial charge is 0.395 e. The predicted octanol–water partition coefficient (Wildman–Crippen LogP) is 0.689. The molecule has 0 aliphatic rings. The number of primary amides is 1. The number of amides is 3. The molecule has 0 heterocycles. The van der Waals surface area contributed by atoms with Crippen molar-refractivity contribution in [3.05, 3.63) is 0 Å². The SMILES string of the molecule is CCC(CC)N(CCO)C(=O)C(NC(N)=O)C(C)C. The van der Waals surface area contributed by atoms with Gasteiger partial charge in [0.1, 0.15) is 6.04 Å². The van der Waals surface area contributed by atoms with Crippen LogP contribution in [-0.4, -0.2) is 47.2 Å². The summed E-state index contributed by atoms with van der Waals surface area (Å²) in [4.78, 5) is 25.2. The molecule has 19 heavy (non-hydrogen) atoms. The van der Waals surface area contributed by atoms with Gasteiger partial charge in [0.15, 0.2) is 0 Å². The Bertz CT molecular complexity index is 291. The third-order valence-corrected chi connectivity index (χ3v) is 3.24. The Labute approximate surface area is 115 Å². The van der Waals surface area contributed by atoms with E-state index in [0.29, 0.717) is 0 Å². The summed E-state index contributed by atoms with van der Waals surface area (Å²) < 4.78 is 0. The molecule has 0 saturated heterocycles. The molecule has 0 aliphatic carbocycles. The molecule has 1 unspecified atom stereocenters. The number of aliphatic hydroxyl groups excluding tert-OH is 1. The van der Waals surface area contributed by atoms with Gasteiger partial charge in [-0.15, -0.1) is 0 Å². The molecule has 0 spiro atoms. The highest BCUT2D eigenvalue weighted by molar-refractivity contribution is 5.87. The highest BCUT2D eigenvalue weighted by Crippen LogP contribution is 2.13. The van der Waals surface area contributed by atoms with Crippen molar-refractivity contribution in [1.29, 1.82) is 0 Å². The Morgan fingerprint density at radius 1 is 1.26 bits per heavy atom. The van der Waals surface area contributed by atoms with E-state index in [0.717, 1.165) is 12.8 Å². The van der Waals surface area contributed by atoms with E-state index in [2.05, 4.69) is 5.32 Å². The number of aliphatic hydroxyl groups is 1. The second-order valence-electron chi connectivity index (χ2n) is 4.96. The highest BCUT2D eigenvalue weighted by Gasteiger charge is 2.30. The number of nitrogens with two attached hydrogens (primary N) is 1. The first-order valence-electron chi connectivity index (χ1n) is 6.86. The Hall–Kier alpha value is -1.30. The van der Waals surface area contributed by atoms with Gasteiger partial charge < -0.3 is 21.1 Å². The fraction of sp³-hybridized carbons (Fsp3) is 0.846. The minimum atomic E-state index is -0.708. The van der Waals surface area contributed by atoms with E-state index < -0.39 is 12.1 Å². The van der Waals surface area contributed by atoms with Crippen LogP contribution in [0.4, 0.5) is 4.79 Å². The van der Waals surface area contributed by atoms with Crippen molar-refractivity contribution in [2.45, 2.75) is 52.6 Å². The van der Waals surface area contributed by atoms with Gasteiger partial charge in [-0.3, -0.25) is 4.79 Å². The summed E-state index contributed by atoms with van der Waals surface area (Å²) in [5.41, 5.74) is 5.11. The number of nitrogens with zero attached hydrogens (tertiary/aromatic N) is 1.